The summed E-state index contributed by atoms with van der Waals surface area (Å²) in [6.07, 6.45) is 11.9. The highest BCUT2D eigenvalue weighted by atomic mass is 14.9. The Balaban J connectivity index is 1.73. The van der Waals surface area contributed by atoms with Crippen LogP contribution < -0.4 is 5.32 Å². The summed E-state index contributed by atoms with van der Waals surface area (Å²) in [7, 11) is 0. The highest BCUT2D eigenvalue weighted by Gasteiger charge is 2.27. The zero-order valence-electron chi connectivity index (χ0n) is 9.28. The number of rotatable bonds is 3. The van der Waals surface area contributed by atoms with Crippen LogP contribution in [0.3, 0.4) is 0 Å². The summed E-state index contributed by atoms with van der Waals surface area (Å²) in [5, 5.41) is 12.6. The van der Waals surface area contributed by atoms with Crippen LogP contribution in [0.2, 0.25) is 0 Å². The molecule has 2 heteroatoms. The van der Waals surface area contributed by atoms with Gasteiger partial charge in [0, 0.05) is 6.04 Å². The molecule has 1 N–H and O–H groups in total. The molecule has 82 valence electrons. The molecule has 2 aliphatic rings. The van der Waals surface area contributed by atoms with E-state index in [0.29, 0.717) is 6.04 Å². The fraction of sp³-hybridized carbons (Fsp3) is 0.769. The highest BCUT2D eigenvalue weighted by molar-refractivity contribution is 4.97. The zero-order chi connectivity index (χ0) is 10.5. The largest absolute Gasteiger partial charge is 0.312 e. The molecule has 2 nitrogen and oxygen atoms in total. The summed E-state index contributed by atoms with van der Waals surface area (Å²) in [5.41, 5.74) is 0. The van der Waals surface area contributed by atoms with Crippen molar-refractivity contribution in [1.82, 2.24) is 5.32 Å². The molecule has 0 spiro atoms. The molecule has 3 atom stereocenters. The van der Waals surface area contributed by atoms with Crippen molar-refractivity contribution in [2.24, 2.45) is 11.8 Å². The molecular formula is C13H20N2. The average molecular weight is 204 g/mol. The molecule has 2 aliphatic carbocycles. The maximum atomic E-state index is 8.97. The molecule has 2 rings (SSSR count). The third kappa shape index (κ3) is 2.82. The Morgan fingerprint density at radius 1 is 1.27 bits per heavy atom. The zero-order valence-corrected chi connectivity index (χ0v) is 9.28. The molecule has 0 aromatic carbocycles. The third-order valence-corrected chi connectivity index (χ3v) is 3.73. The Morgan fingerprint density at radius 2 is 2.20 bits per heavy atom. The van der Waals surface area contributed by atoms with Crippen molar-refractivity contribution < 1.29 is 0 Å². The Labute approximate surface area is 92.4 Å². The quantitative estimate of drug-likeness (QED) is 0.717. The maximum absolute atomic E-state index is 8.97. The summed E-state index contributed by atoms with van der Waals surface area (Å²) in [6.45, 7) is 1.10. The van der Waals surface area contributed by atoms with Gasteiger partial charge in [-0.05, 0) is 44.6 Å². The summed E-state index contributed by atoms with van der Waals surface area (Å²) < 4.78 is 0. The number of hydrogen-bond donors (Lipinski definition) is 1. The predicted molar refractivity (Wildman–Crippen MR) is 61.2 cm³/mol. The lowest BCUT2D eigenvalue weighted by atomic mass is 9.93. The second kappa shape index (κ2) is 5.32. The van der Waals surface area contributed by atoms with E-state index in [9.17, 15) is 0 Å². The first-order valence-corrected chi connectivity index (χ1v) is 6.18. The standard InChI is InChI=1S/C13H20N2/c14-9-12-7-4-8-13(12)15-10-11-5-2-1-3-6-11/h1-2,11-13,15H,3-8,10H2. The van der Waals surface area contributed by atoms with E-state index in [1.165, 1.54) is 32.1 Å². The average Bonchev–Trinajstić information content (AvgIpc) is 2.75. The van der Waals surface area contributed by atoms with E-state index < -0.39 is 0 Å². The minimum Gasteiger partial charge on any atom is -0.312 e. The van der Waals surface area contributed by atoms with Crippen LogP contribution in [-0.4, -0.2) is 12.6 Å². The van der Waals surface area contributed by atoms with Crippen LogP contribution in [-0.2, 0) is 0 Å². The van der Waals surface area contributed by atoms with Crippen LogP contribution in [0.5, 0.6) is 0 Å². The normalized spacial score (nSPS) is 35.3. The van der Waals surface area contributed by atoms with E-state index in [4.69, 9.17) is 5.26 Å². The Morgan fingerprint density at radius 3 is 2.93 bits per heavy atom. The summed E-state index contributed by atoms with van der Waals surface area (Å²) >= 11 is 0. The summed E-state index contributed by atoms with van der Waals surface area (Å²) in [5.74, 6) is 1.07. The van der Waals surface area contributed by atoms with Crippen LogP contribution >= 0.6 is 0 Å². The second-order valence-corrected chi connectivity index (χ2v) is 4.83. The van der Waals surface area contributed by atoms with E-state index in [1.54, 1.807) is 0 Å². The highest BCUT2D eigenvalue weighted by Crippen LogP contribution is 2.25. The smallest absolute Gasteiger partial charge is 0.0672 e. The fourth-order valence-corrected chi connectivity index (χ4v) is 2.72. The number of nitriles is 1. The van der Waals surface area contributed by atoms with Gasteiger partial charge in [-0.2, -0.15) is 5.26 Å². The van der Waals surface area contributed by atoms with Crippen LogP contribution in [0.15, 0.2) is 12.2 Å². The van der Waals surface area contributed by atoms with Crippen molar-refractivity contribution in [3.05, 3.63) is 12.2 Å². The van der Waals surface area contributed by atoms with Gasteiger partial charge in [0.15, 0.2) is 0 Å². The first kappa shape index (κ1) is 10.7. The van der Waals surface area contributed by atoms with E-state index >= 15 is 0 Å². The first-order valence-electron chi connectivity index (χ1n) is 6.18. The van der Waals surface area contributed by atoms with Gasteiger partial charge in [0.05, 0.1) is 12.0 Å². The third-order valence-electron chi connectivity index (χ3n) is 3.73. The summed E-state index contributed by atoms with van der Waals surface area (Å²) in [6, 6.07) is 2.90. The second-order valence-electron chi connectivity index (χ2n) is 4.83. The van der Waals surface area contributed by atoms with Crippen LogP contribution in [0.4, 0.5) is 0 Å². The van der Waals surface area contributed by atoms with E-state index in [1.807, 2.05) is 0 Å². The van der Waals surface area contributed by atoms with Crippen molar-refractivity contribution in [2.75, 3.05) is 6.54 Å². The van der Waals surface area contributed by atoms with Gasteiger partial charge in [0.1, 0.15) is 0 Å². The molecule has 15 heavy (non-hydrogen) atoms. The van der Waals surface area contributed by atoms with Gasteiger partial charge in [-0.3, -0.25) is 0 Å². The molecule has 0 saturated heterocycles. The lowest BCUT2D eigenvalue weighted by Crippen LogP contribution is -2.35. The molecule has 0 aromatic rings. The number of allylic oxidation sites excluding steroid dienone is 2. The minimum atomic E-state index is 0.268. The maximum Gasteiger partial charge on any atom is 0.0672 e. The minimum absolute atomic E-state index is 0.268. The van der Waals surface area contributed by atoms with Gasteiger partial charge < -0.3 is 5.32 Å². The van der Waals surface area contributed by atoms with Gasteiger partial charge in [-0.25, -0.2) is 0 Å². The SMILES string of the molecule is N#CC1CCCC1NCC1CC=CCC1. The van der Waals surface area contributed by atoms with E-state index in [2.05, 4.69) is 23.5 Å². The van der Waals surface area contributed by atoms with Crippen molar-refractivity contribution in [3.8, 4) is 6.07 Å². The topological polar surface area (TPSA) is 35.8 Å². The van der Waals surface area contributed by atoms with Crippen molar-refractivity contribution in [2.45, 2.75) is 44.6 Å². The molecule has 0 aromatic heterocycles. The summed E-state index contributed by atoms with van der Waals surface area (Å²) in [4.78, 5) is 0. The molecule has 0 radical (unpaired) electrons. The number of nitrogens with zero attached hydrogens (tertiary/aromatic N) is 1. The molecule has 3 unspecified atom stereocenters. The molecule has 0 bridgehead atoms. The van der Waals surface area contributed by atoms with Crippen LogP contribution in [0.25, 0.3) is 0 Å². The lowest BCUT2D eigenvalue weighted by Gasteiger charge is -2.22. The van der Waals surface area contributed by atoms with E-state index in [-0.39, 0.29) is 5.92 Å². The van der Waals surface area contributed by atoms with Crippen molar-refractivity contribution in [1.29, 1.82) is 5.26 Å². The lowest BCUT2D eigenvalue weighted by molar-refractivity contribution is 0.382. The van der Waals surface area contributed by atoms with Crippen molar-refractivity contribution in [3.63, 3.8) is 0 Å². The van der Waals surface area contributed by atoms with E-state index in [0.717, 1.165) is 18.9 Å². The Kier molecular flexibility index (Phi) is 3.80. The fourth-order valence-electron chi connectivity index (χ4n) is 2.72. The van der Waals surface area contributed by atoms with Gasteiger partial charge in [-0.1, -0.05) is 18.6 Å². The number of hydrogen-bond acceptors (Lipinski definition) is 2. The molecular weight excluding hydrogens is 184 g/mol. The molecule has 0 aliphatic heterocycles. The molecule has 0 heterocycles. The molecule has 0 amide bonds. The predicted octanol–water partition coefficient (Wildman–Crippen LogP) is 2.62. The van der Waals surface area contributed by atoms with Gasteiger partial charge in [0.25, 0.3) is 0 Å². The Hall–Kier alpha value is -0.810. The molecule has 1 saturated carbocycles. The number of nitrogens with one attached hydrogen (secondary N) is 1. The van der Waals surface area contributed by atoms with Gasteiger partial charge in [0.2, 0.25) is 0 Å². The monoisotopic (exact) mass is 204 g/mol. The van der Waals surface area contributed by atoms with Gasteiger partial charge >= 0.3 is 0 Å². The van der Waals surface area contributed by atoms with Crippen LogP contribution in [0, 0.1) is 23.2 Å². The molecule has 1 fully saturated rings. The van der Waals surface area contributed by atoms with Crippen molar-refractivity contribution >= 4 is 0 Å². The first-order chi connectivity index (χ1) is 7.40. The van der Waals surface area contributed by atoms with Crippen LogP contribution in [0.1, 0.15) is 38.5 Å². The Bertz CT molecular complexity index is 264. The van der Waals surface area contributed by atoms with Gasteiger partial charge in [-0.15, -0.1) is 0 Å².